The number of benzene rings is 1. The number of hydrogen-bond acceptors (Lipinski definition) is 3. The Morgan fingerprint density at radius 1 is 1.13 bits per heavy atom. The number of nitrogens with one attached hydrogen (secondary N) is 1. The van der Waals surface area contributed by atoms with Gasteiger partial charge in [0, 0.05) is 18.0 Å². The van der Waals surface area contributed by atoms with Gasteiger partial charge in [0.2, 0.25) is 0 Å². The number of hydrogen-bond donors (Lipinski definition) is 1. The van der Waals surface area contributed by atoms with Gasteiger partial charge in [0.25, 0.3) is 0 Å². The maximum atomic E-state index is 14.5. The Kier molecular flexibility index (Phi) is 4.56. The molecule has 1 N–H and O–H groups in total. The van der Waals surface area contributed by atoms with Gasteiger partial charge in [-0.1, -0.05) is 25.0 Å². The largest absolute Gasteiger partial charge is 0.497 e. The SMILES string of the molecule is CC1(C)OB(c2ccc(CNC3CCCC3)cc2F)OC1(C)C. The molecule has 126 valence electrons. The summed E-state index contributed by atoms with van der Waals surface area (Å²) >= 11 is 0. The van der Waals surface area contributed by atoms with E-state index in [4.69, 9.17) is 9.31 Å². The van der Waals surface area contributed by atoms with Crippen LogP contribution >= 0.6 is 0 Å². The van der Waals surface area contributed by atoms with Gasteiger partial charge in [-0.15, -0.1) is 0 Å². The lowest BCUT2D eigenvalue weighted by atomic mass is 9.78. The Morgan fingerprint density at radius 2 is 1.74 bits per heavy atom. The molecule has 1 heterocycles. The van der Waals surface area contributed by atoms with E-state index < -0.39 is 18.3 Å². The molecule has 23 heavy (non-hydrogen) atoms. The second-order valence-corrected chi connectivity index (χ2v) is 7.81. The molecular weight excluding hydrogens is 292 g/mol. The Bertz CT molecular complexity index is 554. The Balaban J connectivity index is 1.68. The van der Waals surface area contributed by atoms with Crippen molar-refractivity contribution < 1.29 is 13.7 Å². The summed E-state index contributed by atoms with van der Waals surface area (Å²) in [6.07, 6.45) is 5.06. The van der Waals surface area contributed by atoms with Crippen molar-refractivity contribution in [3.8, 4) is 0 Å². The molecule has 1 aromatic rings. The van der Waals surface area contributed by atoms with Crippen molar-refractivity contribution in [2.24, 2.45) is 0 Å². The predicted octanol–water partition coefficient (Wildman–Crippen LogP) is 3.16. The molecule has 1 saturated heterocycles. The first-order valence-corrected chi connectivity index (χ1v) is 8.66. The molecule has 3 nitrogen and oxygen atoms in total. The van der Waals surface area contributed by atoms with E-state index in [9.17, 15) is 4.39 Å². The maximum Gasteiger partial charge on any atom is 0.497 e. The fourth-order valence-corrected chi connectivity index (χ4v) is 3.23. The van der Waals surface area contributed by atoms with Crippen LogP contribution in [0.2, 0.25) is 0 Å². The van der Waals surface area contributed by atoms with E-state index in [1.54, 1.807) is 12.1 Å². The van der Waals surface area contributed by atoms with E-state index in [1.165, 1.54) is 25.7 Å². The van der Waals surface area contributed by atoms with Gasteiger partial charge in [0.05, 0.1) is 11.2 Å². The molecular formula is C18H27BFNO2. The van der Waals surface area contributed by atoms with Crippen molar-refractivity contribution in [3.05, 3.63) is 29.6 Å². The van der Waals surface area contributed by atoms with Crippen LogP contribution in [0.15, 0.2) is 18.2 Å². The van der Waals surface area contributed by atoms with Crippen molar-refractivity contribution in [2.75, 3.05) is 0 Å². The van der Waals surface area contributed by atoms with Gasteiger partial charge in [0.15, 0.2) is 0 Å². The molecule has 0 unspecified atom stereocenters. The molecule has 0 atom stereocenters. The summed E-state index contributed by atoms with van der Waals surface area (Å²) in [5.41, 5.74) is 0.544. The van der Waals surface area contributed by atoms with Gasteiger partial charge in [-0.3, -0.25) is 0 Å². The summed E-state index contributed by atoms with van der Waals surface area (Å²) in [4.78, 5) is 0. The molecule has 1 saturated carbocycles. The van der Waals surface area contributed by atoms with Gasteiger partial charge < -0.3 is 14.6 Å². The monoisotopic (exact) mass is 319 g/mol. The van der Waals surface area contributed by atoms with Crippen molar-refractivity contribution in [1.82, 2.24) is 5.32 Å². The smallest absolute Gasteiger partial charge is 0.399 e. The Hall–Kier alpha value is -0.905. The van der Waals surface area contributed by atoms with E-state index in [-0.39, 0.29) is 5.82 Å². The minimum atomic E-state index is -0.642. The van der Waals surface area contributed by atoms with Crippen LogP contribution in [0.5, 0.6) is 0 Å². The molecule has 0 amide bonds. The van der Waals surface area contributed by atoms with Crippen LogP contribution in [0, 0.1) is 5.82 Å². The van der Waals surface area contributed by atoms with Crippen molar-refractivity contribution in [2.45, 2.75) is 77.2 Å². The quantitative estimate of drug-likeness (QED) is 0.865. The molecule has 5 heteroatoms. The lowest BCUT2D eigenvalue weighted by Gasteiger charge is -2.32. The van der Waals surface area contributed by atoms with Crippen LogP contribution in [0.1, 0.15) is 58.9 Å². The van der Waals surface area contributed by atoms with Crippen LogP contribution in [0.3, 0.4) is 0 Å². The standard InChI is InChI=1S/C18H27BFNO2/c1-17(2)18(3,4)23-19(22-17)15-10-9-13(11-16(15)20)12-21-14-7-5-6-8-14/h9-11,14,21H,5-8,12H2,1-4H3. The van der Waals surface area contributed by atoms with Crippen molar-refractivity contribution >= 4 is 12.6 Å². The molecule has 1 aliphatic heterocycles. The van der Waals surface area contributed by atoms with Crippen LogP contribution in [0.25, 0.3) is 0 Å². The average Bonchev–Trinajstić information content (AvgIpc) is 3.03. The first kappa shape index (κ1) is 16.9. The third kappa shape index (κ3) is 3.47. The highest BCUT2D eigenvalue weighted by Gasteiger charge is 2.52. The van der Waals surface area contributed by atoms with Gasteiger partial charge in [-0.25, -0.2) is 4.39 Å². The first-order chi connectivity index (χ1) is 10.8. The zero-order chi connectivity index (χ0) is 16.7. The fraction of sp³-hybridized carbons (Fsp3) is 0.667. The molecule has 2 fully saturated rings. The summed E-state index contributed by atoms with van der Waals surface area (Å²) in [5.74, 6) is -0.255. The maximum absolute atomic E-state index is 14.5. The lowest BCUT2D eigenvalue weighted by molar-refractivity contribution is 0.00578. The minimum absolute atomic E-state index is 0.255. The molecule has 1 aromatic carbocycles. The third-order valence-electron chi connectivity index (χ3n) is 5.52. The highest BCUT2D eigenvalue weighted by atomic mass is 19.1. The molecule has 0 spiro atoms. The zero-order valence-electron chi connectivity index (χ0n) is 14.6. The summed E-state index contributed by atoms with van der Waals surface area (Å²) in [7, 11) is -0.642. The molecule has 1 aliphatic carbocycles. The second kappa shape index (κ2) is 6.19. The molecule has 0 radical (unpaired) electrons. The van der Waals surface area contributed by atoms with Crippen LogP contribution < -0.4 is 10.8 Å². The second-order valence-electron chi connectivity index (χ2n) is 7.81. The fourth-order valence-electron chi connectivity index (χ4n) is 3.23. The zero-order valence-corrected chi connectivity index (χ0v) is 14.6. The normalized spacial score (nSPS) is 23.6. The van der Waals surface area contributed by atoms with Crippen LogP contribution in [0.4, 0.5) is 4.39 Å². The summed E-state index contributed by atoms with van der Waals surface area (Å²) in [5, 5.41) is 3.51. The van der Waals surface area contributed by atoms with Gasteiger partial charge in [-0.2, -0.15) is 0 Å². The molecule has 0 bridgehead atoms. The van der Waals surface area contributed by atoms with Crippen molar-refractivity contribution in [1.29, 1.82) is 0 Å². The van der Waals surface area contributed by atoms with E-state index in [0.717, 1.165) is 5.56 Å². The van der Waals surface area contributed by atoms with Crippen LogP contribution in [-0.4, -0.2) is 24.4 Å². The lowest BCUT2D eigenvalue weighted by Crippen LogP contribution is -2.41. The summed E-state index contributed by atoms with van der Waals surface area (Å²) in [6, 6.07) is 5.94. The topological polar surface area (TPSA) is 30.5 Å². The van der Waals surface area contributed by atoms with Gasteiger partial charge in [0.1, 0.15) is 5.82 Å². The van der Waals surface area contributed by atoms with Crippen LogP contribution in [-0.2, 0) is 15.9 Å². The molecule has 3 rings (SSSR count). The highest BCUT2D eigenvalue weighted by molar-refractivity contribution is 6.62. The molecule has 2 aliphatic rings. The predicted molar refractivity (Wildman–Crippen MR) is 91.2 cm³/mol. The van der Waals surface area contributed by atoms with Gasteiger partial charge >= 0.3 is 7.12 Å². The van der Waals surface area contributed by atoms with E-state index in [2.05, 4.69) is 5.32 Å². The Morgan fingerprint density at radius 3 is 2.30 bits per heavy atom. The average molecular weight is 319 g/mol. The Labute approximate surface area is 139 Å². The highest BCUT2D eigenvalue weighted by Crippen LogP contribution is 2.36. The van der Waals surface area contributed by atoms with Gasteiger partial charge in [-0.05, 0) is 52.2 Å². The molecule has 0 aromatic heterocycles. The first-order valence-electron chi connectivity index (χ1n) is 8.66. The number of rotatable bonds is 4. The van der Waals surface area contributed by atoms with E-state index in [1.807, 2.05) is 33.8 Å². The third-order valence-corrected chi connectivity index (χ3v) is 5.52. The van der Waals surface area contributed by atoms with E-state index >= 15 is 0 Å². The van der Waals surface area contributed by atoms with E-state index in [0.29, 0.717) is 18.0 Å². The minimum Gasteiger partial charge on any atom is -0.399 e. The summed E-state index contributed by atoms with van der Waals surface area (Å²) in [6.45, 7) is 8.62. The summed E-state index contributed by atoms with van der Waals surface area (Å²) < 4.78 is 26.4. The number of halogens is 1. The van der Waals surface area contributed by atoms with Crippen molar-refractivity contribution in [3.63, 3.8) is 0 Å².